The van der Waals surface area contributed by atoms with Crippen LogP contribution in [0.1, 0.15) is 24.2 Å². The fraction of sp³-hybridized carbons (Fsp3) is 0.350. The average molecular weight is 423 g/mol. The Hall–Kier alpha value is -2.03. The third-order valence-corrected chi connectivity index (χ3v) is 6.81. The minimum atomic E-state index is -3.68. The number of carbonyl (C=O) groups is 1. The van der Waals surface area contributed by atoms with Crippen LogP contribution in [0, 0.1) is 0 Å². The summed E-state index contributed by atoms with van der Waals surface area (Å²) in [6.07, 6.45) is 1.94. The van der Waals surface area contributed by atoms with Crippen LogP contribution in [-0.4, -0.2) is 46.9 Å². The maximum Gasteiger partial charge on any atom is 0.264 e. The van der Waals surface area contributed by atoms with Gasteiger partial charge >= 0.3 is 0 Å². The average Bonchev–Trinajstić information content (AvgIpc) is 2.69. The number of sulfonamides is 1. The van der Waals surface area contributed by atoms with E-state index in [2.05, 4.69) is 5.32 Å². The van der Waals surface area contributed by atoms with E-state index in [4.69, 9.17) is 4.74 Å². The summed E-state index contributed by atoms with van der Waals surface area (Å²) in [5.41, 5.74) is 0.974. The SMILES string of the molecule is CCN(c1ccc(C(=O)N[C@@H](C)COC)cc1)S(=O)(=O)c1ccc(SC)cc1. The lowest BCUT2D eigenvalue weighted by atomic mass is 10.2. The van der Waals surface area contributed by atoms with Crippen LogP contribution >= 0.6 is 11.8 Å². The molecule has 152 valence electrons. The van der Waals surface area contributed by atoms with Gasteiger partial charge in [-0.3, -0.25) is 9.10 Å². The zero-order valence-electron chi connectivity index (χ0n) is 16.5. The van der Waals surface area contributed by atoms with E-state index in [1.165, 1.54) is 4.31 Å². The minimum absolute atomic E-state index is 0.117. The van der Waals surface area contributed by atoms with E-state index in [1.54, 1.807) is 74.3 Å². The van der Waals surface area contributed by atoms with Crippen molar-refractivity contribution in [1.82, 2.24) is 5.32 Å². The molecule has 0 heterocycles. The van der Waals surface area contributed by atoms with Crippen LogP contribution in [0.2, 0.25) is 0 Å². The van der Waals surface area contributed by atoms with E-state index in [9.17, 15) is 13.2 Å². The van der Waals surface area contributed by atoms with Gasteiger partial charge in [0.15, 0.2) is 0 Å². The first-order valence-electron chi connectivity index (χ1n) is 8.90. The highest BCUT2D eigenvalue weighted by atomic mass is 32.2. The Balaban J connectivity index is 2.22. The molecule has 2 aromatic rings. The molecule has 2 aromatic carbocycles. The monoisotopic (exact) mass is 422 g/mol. The van der Waals surface area contributed by atoms with Crippen molar-refractivity contribution in [3.8, 4) is 0 Å². The van der Waals surface area contributed by atoms with E-state index in [0.717, 1.165) is 4.90 Å². The number of hydrogen-bond donors (Lipinski definition) is 1. The van der Waals surface area contributed by atoms with Crippen LogP contribution in [-0.2, 0) is 14.8 Å². The van der Waals surface area contributed by atoms with Gasteiger partial charge in [0.1, 0.15) is 0 Å². The molecule has 0 radical (unpaired) electrons. The van der Waals surface area contributed by atoms with E-state index in [-0.39, 0.29) is 23.4 Å². The summed E-state index contributed by atoms with van der Waals surface area (Å²) in [6.45, 7) is 4.33. The molecule has 0 spiro atoms. The zero-order chi connectivity index (χ0) is 20.7. The minimum Gasteiger partial charge on any atom is -0.383 e. The summed E-state index contributed by atoms with van der Waals surface area (Å²) in [7, 11) is -2.11. The van der Waals surface area contributed by atoms with E-state index in [1.807, 2.05) is 13.2 Å². The van der Waals surface area contributed by atoms with Crippen LogP contribution < -0.4 is 9.62 Å². The smallest absolute Gasteiger partial charge is 0.264 e. The Kier molecular flexibility index (Phi) is 7.91. The second-order valence-corrected chi connectivity index (χ2v) is 8.96. The molecule has 1 amide bonds. The molecule has 0 aliphatic carbocycles. The number of anilines is 1. The number of methoxy groups -OCH3 is 1. The first-order valence-corrected chi connectivity index (χ1v) is 11.6. The number of benzene rings is 2. The third kappa shape index (κ3) is 5.27. The van der Waals surface area contributed by atoms with Crippen molar-refractivity contribution in [1.29, 1.82) is 0 Å². The van der Waals surface area contributed by atoms with Crippen molar-refractivity contribution in [2.24, 2.45) is 0 Å². The Morgan fingerprint density at radius 3 is 2.25 bits per heavy atom. The Morgan fingerprint density at radius 1 is 1.14 bits per heavy atom. The van der Waals surface area contributed by atoms with Gasteiger partial charge in [-0.1, -0.05) is 0 Å². The summed E-state index contributed by atoms with van der Waals surface area (Å²) < 4.78 is 32.4. The number of nitrogens with zero attached hydrogens (tertiary/aromatic N) is 1. The van der Waals surface area contributed by atoms with E-state index < -0.39 is 10.0 Å². The maximum atomic E-state index is 13.0. The van der Waals surface area contributed by atoms with Crippen molar-refractivity contribution in [2.45, 2.75) is 29.7 Å². The van der Waals surface area contributed by atoms with Gasteiger partial charge in [0.05, 0.1) is 17.2 Å². The van der Waals surface area contributed by atoms with Crippen LogP contribution in [0.4, 0.5) is 5.69 Å². The van der Waals surface area contributed by atoms with Gasteiger partial charge in [-0.15, -0.1) is 11.8 Å². The number of thioether (sulfide) groups is 1. The number of hydrogen-bond acceptors (Lipinski definition) is 5. The molecule has 6 nitrogen and oxygen atoms in total. The zero-order valence-corrected chi connectivity index (χ0v) is 18.1. The van der Waals surface area contributed by atoms with Crippen LogP contribution in [0.5, 0.6) is 0 Å². The van der Waals surface area contributed by atoms with Gasteiger partial charge in [0.2, 0.25) is 0 Å². The fourth-order valence-electron chi connectivity index (χ4n) is 2.74. The first-order chi connectivity index (χ1) is 13.3. The highest BCUT2D eigenvalue weighted by Crippen LogP contribution is 2.25. The first kappa shape index (κ1) is 22.3. The molecule has 0 aromatic heterocycles. The van der Waals surface area contributed by atoms with Crippen molar-refractivity contribution >= 4 is 33.4 Å². The number of nitrogens with one attached hydrogen (secondary N) is 1. The number of amides is 1. The highest BCUT2D eigenvalue weighted by Gasteiger charge is 2.23. The molecule has 0 unspecified atom stereocenters. The molecule has 1 N–H and O–H groups in total. The predicted octanol–water partition coefficient (Wildman–Crippen LogP) is 3.39. The molecular formula is C20H26N2O4S2. The summed E-state index contributed by atoms with van der Waals surface area (Å²) in [5, 5.41) is 2.83. The molecule has 0 bridgehead atoms. The van der Waals surface area contributed by atoms with Gasteiger partial charge in [0, 0.05) is 30.2 Å². The van der Waals surface area contributed by atoms with Crippen LogP contribution in [0.15, 0.2) is 58.3 Å². The maximum absolute atomic E-state index is 13.0. The standard InChI is InChI=1S/C20H26N2O4S2/c1-5-22(28(24,25)19-12-10-18(27-4)11-13-19)17-8-6-16(7-9-17)20(23)21-15(2)14-26-3/h6-13,15H,5,14H2,1-4H3,(H,21,23)/t15-/m0/s1. The van der Waals surface area contributed by atoms with Gasteiger partial charge in [-0.05, 0) is 68.6 Å². The topological polar surface area (TPSA) is 75.7 Å². The molecule has 0 aliphatic rings. The van der Waals surface area contributed by atoms with Gasteiger partial charge in [-0.2, -0.15) is 0 Å². The van der Waals surface area contributed by atoms with Crippen molar-refractivity contribution in [3.05, 3.63) is 54.1 Å². The normalized spacial score (nSPS) is 12.4. The Labute approximate surface area is 171 Å². The molecule has 0 saturated carbocycles. The summed E-state index contributed by atoms with van der Waals surface area (Å²) in [6, 6.07) is 13.2. The number of rotatable bonds is 9. The van der Waals surface area contributed by atoms with Crippen molar-refractivity contribution < 1.29 is 17.9 Å². The quantitative estimate of drug-likeness (QED) is 0.627. The molecule has 1 atom stereocenters. The van der Waals surface area contributed by atoms with E-state index in [0.29, 0.717) is 17.9 Å². The van der Waals surface area contributed by atoms with Crippen molar-refractivity contribution in [2.75, 3.05) is 30.8 Å². The summed E-state index contributed by atoms with van der Waals surface area (Å²) in [5.74, 6) is -0.227. The summed E-state index contributed by atoms with van der Waals surface area (Å²) in [4.78, 5) is 13.5. The van der Waals surface area contributed by atoms with E-state index >= 15 is 0 Å². The molecule has 0 aliphatic heterocycles. The Morgan fingerprint density at radius 2 is 1.75 bits per heavy atom. The molecular weight excluding hydrogens is 396 g/mol. The lowest BCUT2D eigenvalue weighted by Crippen LogP contribution is -2.35. The largest absolute Gasteiger partial charge is 0.383 e. The third-order valence-electron chi connectivity index (χ3n) is 4.15. The van der Waals surface area contributed by atoms with Crippen LogP contribution in [0.3, 0.4) is 0 Å². The molecule has 2 rings (SSSR count). The fourth-order valence-corrected chi connectivity index (χ4v) is 4.63. The summed E-state index contributed by atoms with van der Waals surface area (Å²) >= 11 is 1.56. The second kappa shape index (κ2) is 9.95. The lowest BCUT2D eigenvalue weighted by molar-refractivity contribution is 0.0905. The number of ether oxygens (including phenoxy) is 1. The highest BCUT2D eigenvalue weighted by molar-refractivity contribution is 7.98. The van der Waals surface area contributed by atoms with Crippen molar-refractivity contribution in [3.63, 3.8) is 0 Å². The van der Waals surface area contributed by atoms with Gasteiger partial charge in [0.25, 0.3) is 15.9 Å². The Bertz CT molecular complexity index is 881. The van der Waals surface area contributed by atoms with Crippen LogP contribution in [0.25, 0.3) is 0 Å². The predicted molar refractivity (Wildman–Crippen MR) is 114 cm³/mol. The molecule has 0 fully saturated rings. The molecule has 0 saturated heterocycles. The second-order valence-electron chi connectivity index (χ2n) is 6.22. The lowest BCUT2D eigenvalue weighted by Gasteiger charge is -2.23. The number of carbonyl (C=O) groups excluding carboxylic acids is 1. The van der Waals surface area contributed by atoms with Gasteiger partial charge < -0.3 is 10.1 Å². The van der Waals surface area contributed by atoms with Gasteiger partial charge in [-0.25, -0.2) is 8.42 Å². The molecule has 8 heteroatoms. The molecule has 28 heavy (non-hydrogen) atoms.